The minimum Gasteiger partial charge on any atom is -0.448 e. The summed E-state index contributed by atoms with van der Waals surface area (Å²) in [5.74, 6) is 2.06. The van der Waals surface area contributed by atoms with Crippen LogP contribution in [-0.4, -0.2) is 58.5 Å². The zero-order valence-electron chi connectivity index (χ0n) is 18.6. The molecule has 9 nitrogen and oxygen atoms in total. The van der Waals surface area contributed by atoms with Gasteiger partial charge in [-0.1, -0.05) is 18.2 Å². The number of benzene rings is 1. The molecular weight excluding hydrogens is 442 g/mol. The highest BCUT2D eigenvalue weighted by molar-refractivity contribution is 7.99. The van der Waals surface area contributed by atoms with E-state index in [4.69, 9.17) is 14.2 Å². The predicted octanol–water partition coefficient (Wildman–Crippen LogP) is 3.61. The maximum atomic E-state index is 12.7. The fourth-order valence-corrected chi connectivity index (χ4v) is 5.59. The zero-order chi connectivity index (χ0) is 22.3. The Labute approximate surface area is 197 Å². The Balaban J connectivity index is 1.09. The van der Waals surface area contributed by atoms with Crippen LogP contribution in [0.2, 0.25) is 0 Å². The summed E-state index contributed by atoms with van der Waals surface area (Å²) < 4.78 is 20.0. The van der Waals surface area contributed by atoms with Crippen molar-refractivity contribution in [3.05, 3.63) is 18.2 Å². The van der Waals surface area contributed by atoms with E-state index in [1.165, 1.54) is 18.2 Å². The standard InChI is InChI=1S/C23H29N5O4S/c29-20(24-16-4-7-18-19(14-16)32-23(31-18)8-2-1-3-9-23)15-33-22-26-25-21(28(22)17-5-6-17)27-10-12-30-13-11-27/h4,7,14,17H,1-3,5-6,8-13,15H2,(H,24,29). The Morgan fingerprint density at radius 1 is 1.09 bits per heavy atom. The topological polar surface area (TPSA) is 90.7 Å². The molecular formula is C23H29N5O4S. The van der Waals surface area contributed by atoms with E-state index < -0.39 is 5.79 Å². The van der Waals surface area contributed by atoms with Crippen LogP contribution < -0.4 is 19.7 Å². The molecule has 33 heavy (non-hydrogen) atoms. The summed E-state index contributed by atoms with van der Waals surface area (Å²) in [7, 11) is 0. The summed E-state index contributed by atoms with van der Waals surface area (Å²) in [6.07, 6.45) is 7.55. The van der Waals surface area contributed by atoms with E-state index in [1.807, 2.05) is 18.2 Å². The van der Waals surface area contributed by atoms with Gasteiger partial charge in [-0.05, 0) is 37.8 Å². The number of fused-ring (bicyclic) bond motifs is 1. The molecule has 2 aromatic rings. The van der Waals surface area contributed by atoms with Crippen LogP contribution >= 0.6 is 11.8 Å². The molecule has 1 aromatic heterocycles. The fourth-order valence-electron chi connectivity index (χ4n) is 4.79. The van der Waals surface area contributed by atoms with E-state index in [-0.39, 0.29) is 11.7 Å². The van der Waals surface area contributed by atoms with Gasteiger partial charge in [-0.15, -0.1) is 10.2 Å². The Morgan fingerprint density at radius 3 is 2.67 bits per heavy atom. The minimum absolute atomic E-state index is 0.0792. The number of nitrogens with zero attached hydrogens (tertiary/aromatic N) is 4. The first-order chi connectivity index (χ1) is 16.2. The lowest BCUT2D eigenvalue weighted by molar-refractivity contribution is -0.113. The third-order valence-corrected chi connectivity index (χ3v) is 7.56. The molecule has 3 fully saturated rings. The molecule has 1 amide bonds. The van der Waals surface area contributed by atoms with Gasteiger partial charge in [-0.25, -0.2) is 0 Å². The molecule has 1 saturated heterocycles. The summed E-state index contributed by atoms with van der Waals surface area (Å²) in [4.78, 5) is 14.9. The van der Waals surface area contributed by atoms with Crippen molar-refractivity contribution in [2.24, 2.45) is 0 Å². The van der Waals surface area contributed by atoms with Crippen molar-refractivity contribution in [3.8, 4) is 11.5 Å². The van der Waals surface area contributed by atoms with Crippen LogP contribution in [0.4, 0.5) is 11.6 Å². The van der Waals surface area contributed by atoms with E-state index in [1.54, 1.807) is 0 Å². The lowest BCUT2D eigenvalue weighted by Crippen LogP contribution is -2.40. The number of thioether (sulfide) groups is 1. The smallest absolute Gasteiger partial charge is 0.251 e. The summed E-state index contributed by atoms with van der Waals surface area (Å²) in [5.41, 5.74) is 0.716. The van der Waals surface area contributed by atoms with E-state index in [0.717, 1.165) is 68.5 Å². The van der Waals surface area contributed by atoms with Crippen molar-refractivity contribution in [2.45, 2.75) is 61.9 Å². The van der Waals surface area contributed by atoms with Crippen molar-refractivity contribution < 1.29 is 19.0 Å². The lowest BCUT2D eigenvalue weighted by atomic mass is 9.94. The van der Waals surface area contributed by atoms with Crippen molar-refractivity contribution in [2.75, 3.05) is 42.3 Å². The Bertz CT molecular complexity index is 1030. The van der Waals surface area contributed by atoms with Crippen LogP contribution in [0.1, 0.15) is 51.0 Å². The number of rotatable bonds is 6. The van der Waals surface area contributed by atoms with Gasteiger partial charge in [0.15, 0.2) is 16.7 Å². The molecule has 2 saturated carbocycles. The van der Waals surface area contributed by atoms with Crippen molar-refractivity contribution in [1.29, 1.82) is 0 Å². The second-order valence-corrected chi connectivity index (χ2v) is 10.1. The number of carbonyl (C=O) groups is 1. The lowest BCUT2D eigenvalue weighted by Gasteiger charge is -2.31. The van der Waals surface area contributed by atoms with Crippen LogP contribution in [-0.2, 0) is 9.53 Å². The zero-order valence-corrected chi connectivity index (χ0v) is 19.4. The molecule has 10 heteroatoms. The molecule has 0 atom stereocenters. The highest BCUT2D eigenvalue weighted by Gasteiger charge is 2.42. The van der Waals surface area contributed by atoms with Crippen LogP contribution in [0, 0.1) is 0 Å². The molecule has 2 aliphatic carbocycles. The number of ether oxygens (including phenoxy) is 3. The number of anilines is 2. The molecule has 0 radical (unpaired) electrons. The average molecular weight is 472 g/mol. The summed E-state index contributed by atoms with van der Waals surface area (Å²) >= 11 is 1.43. The number of morpholine rings is 1. The molecule has 1 spiro atoms. The van der Waals surface area contributed by atoms with Gasteiger partial charge in [-0.2, -0.15) is 0 Å². The number of hydrogen-bond donors (Lipinski definition) is 1. The van der Waals surface area contributed by atoms with E-state index in [0.29, 0.717) is 30.7 Å². The first-order valence-corrected chi connectivity index (χ1v) is 12.9. The molecule has 0 bridgehead atoms. The molecule has 0 unspecified atom stereocenters. The number of nitrogens with one attached hydrogen (secondary N) is 1. The van der Waals surface area contributed by atoms with Gasteiger partial charge in [-0.3, -0.25) is 9.36 Å². The summed E-state index contributed by atoms with van der Waals surface area (Å²) in [6.45, 7) is 3.06. The first kappa shape index (κ1) is 21.1. The average Bonchev–Trinajstić information content (AvgIpc) is 3.49. The second-order valence-electron chi connectivity index (χ2n) is 9.16. The van der Waals surface area contributed by atoms with Crippen LogP contribution in [0.5, 0.6) is 11.5 Å². The number of amides is 1. The summed E-state index contributed by atoms with van der Waals surface area (Å²) in [5, 5.41) is 12.6. The van der Waals surface area contributed by atoms with Crippen LogP contribution in [0.15, 0.2) is 23.4 Å². The molecule has 6 rings (SSSR count). The number of aromatic nitrogens is 3. The van der Waals surface area contributed by atoms with Crippen LogP contribution in [0.3, 0.4) is 0 Å². The maximum Gasteiger partial charge on any atom is 0.251 e. The fraction of sp³-hybridized carbons (Fsp3) is 0.609. The molecule has 4 aliphatic rings. The Hall–Kier alpha value is -2.46. The van der Waals surface area contributed by atoms with E-state index >= 15 is 0 Å². The highest BCUT2D eigenvalue weighted by atomic mass is 32.2. The maximum absolute atomic E-state index is 12.7. The normalized spacial score (nSPS) is 21.4. The third kappa shape index (κ3) is 4.38. The van der Waals surface area contributed by atoms with Gasteiger partial charge >= 0.3 is 0 Å². The highest BCUT2D eigenvalue weighted by Crippen LogP contribution is 2.46. The first-order valence-electron chi connectivity index (χ1n) is 11.9. The Morgan fingerprint density at radius 2 is 1.88 bits per heavy atom. The number of hydrogen-bond acceptors (Lipinski definition) is 8. The molecule has 3 heterocycles. The van der Waals surface area contributed by atoms with Gasteiger partial charge in [0.25, 0.3) is 5.79 Å². The van der Waals surface area contributed by atoms with E-state index in [9.17, 15) is 4.79 Å². The van der Waals surface area contributed by atoms with Gasteiger partial charge in [0, 0.05) is 43.7 Å². The van der Waals surface area contributed by atoms with Crippen molar-refractivity contribution >= 4 is 29.3 Å². The largest absolute Gasteiger partial charge is 0.448 e. The Kier molecular flexibility index (Phi) is 5.57. The quantitative estimate of drug-likeness (QED) is 0.639. The van der Waals surface area contributed by atoms with Crippen molar-refractivity contribution in [1.82, 2.24) is 14.8 Å². The predicted molar refractivity (Wildman–Crippen MR) is 124 cm³/mol. The number of carbonyl (C=O) groups excluding carboxylic acids is 1. The van der Waals surface area contributed by atoms with Gasteiger partial charge in [0.05, 0.1) is 19.0 Å². The van der Waals surface area contributed by atoms with Gasteiger partial charge < -0.3 is 24.4 Å². The molecule has 1 N–H and O–H groups in total. The molecule has 2 aliphatic heterocycles. The van der Waals surface area contributed by atoms with Crippen molar-refractivity contribution in [3.63, 3.8) is 0 Å². The SMILES string of the molecule is O=C(CSc1nnc(N2CCOCC2)n1C1CC1)Nc1ccc2c(c1)OC1(CCCCC1)O2. The minimum atomic E-state index is -0.510. The molecule has 176 valence electrons. The van der Waals surface area contributed by atoms with Crippen LogP contribution in [0.25, 0.3) is 0 Å². The summed E-state index contributed by atoms with van der Waals surface area (Å²) in [6, 6.07) is 6.06. The van der Waals surface area contributed by atoms with E-state index in [2.05, 4.69) is 25.0 Å². The van der Waals surface area contributed by atoms with Gasteiger partial charge in [0.1, 0.15) is 0 Å². The van der Waals surface area contributed by atoms with Gasteiger partial charge in [0.2, 0.25) is 11.9 Å². The second kappa shape index (κ2) is 8.72. The third-order valence-electron chi connectivity index (χ3n) is 6.62. The molecule has 1 aromatic carbocycles. The monoisotopic (exact) mass is 471 g/mol.